The van der Waals surface area contributed by atoms with Gasteiger partial charge in [0.2, 0.25) is 11.8 Å². The molecule has 3 rings (SSSR count). The van der Waals surface area contributed by atoms with Crippen molar-refractivity contribution >= 4 is 11.8 Å². The summed E-state index contributed by atoms with van der Waals surface area (Å²) in [4.78, 5) is 27.1. The summed E-state index contributed by atoms with van der Waals surface area (Å²) in [5.74, 6) is 1.09. The molecule has 1 aliphatic carbocycles. The van der Waals surface area contributed by atoms with Gasteiger partial charge in [0.05, 0.1) is 13.0 Å². The Morgan fingerprint density at radius 2 is 1.89 bits per heavy atom. The highest BCUT2D eigenvalue weighted by Crippen LogP contribution is 2.27. The molecule has 1 aromatic carbocycles. The quantitative estimate of drug-likeness (QED) is 0.780. The van der Waals surface area contributed by atoms with E-state index in [4.69, 9.17) is 4.74 Å². The number of rotatable bonds is 6. The summed E-state index contributed by atoms with van der Waals surface area (Å²) in [7, 11) is 1.67. The third kappa shape index (κ3) is 5.24. The van der Waals surface area contributed by atoms with E-state index in [9.17, 15) is 9.59 Å². The van der Waals surface area contributed by atoms with Gasteiger partial charge in [-0.2, -0.15) is 0 Å². The van der Waals surface area contributed by atoms with Crippen LogP contribution in [0.3, 0.4) is 0 Å². The zero-order chi connectivity index (χ0) is 19.1. The van der Waals surface area contributed by atoms with E-state index in [0.717, 1.165) is 30.6 Å². The molecular formula is C22H32N2O3. The third-order valence-electron chi connectivity index (χ3n) is 5.97. The second-order valence-corrected chi connectivity index (χ2v) is 7.78. The molecule has 2 amide bonds. The van der Waals surface area contributed by atoms with Gasteiger partial charge in [0.15, 0.2) is 0 Å². The fourth-order valence-corrected chi connectivity index (χ4v) is 4.38. The monoisotopic (exact) mass is 372 g/mol. The van der Waals surface area contributed by atoms with Crippen molar-refractivity contribution in [1.29, 1.82) is 0 Å². The van der Waals surface area contributed by atoms with Gasteiger partial charge in [-0.1, -0.05) is 43.9 Å². The molecule has 27 heavy (non-hydrogen) atoms. The maximum Gasteiger partial charge on any atom is 0.224 e. The second-order valence-electron chi connectivity index (χ2n) is 7.78. The first-order chi connectivity index (χ1) is 13.2. The summed E-state index contributed by atoms with van der Waals surface area (Å²) < 4.78 is 5.37. The Balaban J connectivity index is 1.51. The highest BCUT2D eigenvalue weighted by Gasteiger charge is 2.34. The lowest BCUT2D eigenvalue weighted by atomic mass is 9.93. The van der Waals surface area contributed by atoms with Crippen LogP contribution in [0.1, 0.15) is 56.9 Å². The molecule has 1 saturated heterocycles. The minimum absolute atomic E-state index is 0.0796. The van der Waals surface area contributed by atoms with Crippen molar-refractivity contribution in [3.8, 4) is 5.75 Å². The maximum atomic E-state index is 12.7. The van der Waals surface area contributed by atoms with Crippen LogP contribution in [0.25, 0.3) is 0 Å². The van der Waals surface area contributed by atoms with Crippen LogP contribution in [0.5, 0.6) is 5.75 Å². The number of ether oxygens (including phenoxy) is 1. The van der Waals surface area contributed by atoms with Gasteiger partial charge in [-0.3, -0.25) is 9.59 Å². The third-order valence-corrected chi connectivity index (χ3v) is 5.97. The number of hydrogen-bond donors (Lipinski definition) is 1. The first-order valence-electron chi connectivity index (χ1n) is 10.4. The fourth-order valence-electron chi connectivity index (χ4n) is 4.38. The first-order valence-corrected chi connectivity index (χ1v) is 10.4. The maximum absolute atomic E-state index is 12.7. The molecule has 148 valence electrons. The second kappa shape index (κ2) is 9.77. The Morgan fingerprint density at radius 3 is 2.63 bits per heavy atom. The standard InChI is InChI=1S/C22H32N2O3/c1-27-20-11-7-6-8-17(20)14-15-23-22(26)18-12-13-21(25)24(16-18)19-9-4-2-3-5-10-19/h6-8,11,18-19H,2-5,9-10,12-16H2,1H3,(H,23,26)/t18-/m0/s1. The molecule has 5 heteroatoms. The van der Waals surface area contributed by atoms with E-state index in [1.54, 1.807) is 7.11 Å². The van der Waals surface area contributed by atoms with Gasteiger partial charge in [-0.05, 0) is 37.3 Å². The number of methoxy groups -OCH3 is 1. The number of likely N-dealkylation sites (tertiary alicyclic amines) is 1. The number of hydrogen-bond acceptors (Lipinski definition) is 3. The lowest BCUT2D eigenvalue weighted by Gasteiger charge is -2.37. The number of carbonyl (C=O) groups is 2. The van der Waals surface area contributed by atoms with E-state index >= 15 is 0 Å². The normalized spacial score (nSPS) is 21.6. The molecule has 1 saturated carbocycles. The van der Waals surface area contributed by atoms with Crippen molar-refractivity contribution in [2.45, 2.75) is 63.8 Å². The number of piperidine rings is 1. The van der Waals surface area contributed by atoms with Crippen molar-refractivity contribution in [2.24, 2.45) is 5.92 Å². The summed E-state index contributed by atoms with van der Waals surface area (Å²) in [6.45, 7) is 1.18. The molecule has 0 bridgehead atoms. The Kier molecular flexibility index (Phi) is 7.13. The Hall–Kier alpha value is -2.04. The van der Waals surface area contributed by atoms with Crippen LogP contribution in [-0.2, 0) is 16.0 Å². The van der Waals surface area contributed by atoms with Crippen molar-refractivity contribution < 1.29 is 14.3 Å². The summed E-state index contributed by atoms with van der Waals surface area (Å²) in [6.07, 6.45) is 9.03. The smallest absolute Gasteiger partial charge is 0.224 e. The molecule has 5 nitrogen and oxygen atoms in total. The molecule has 1 N–H and O–H groups in total. The van der Waals surface area contributed by atoms with Crippen LogP contribution in [-0.4, -0.2) is 43.0 Å². The molecule has 0 radical (unpaired) electrons. The summed E-state index contributed by atoms with van der Waals surface area (Å²) in [5.41, 5.74) is 1.10. The van der Waals surface area contributed by atoms with E-state index in [2.05, 4.69) is 5.32 Å². The van der Waals surface area contributed by atoms with E-state index in [1.165, 1.54) is 25.7 Å². The average molecular weight is 373 g/mol. The molecule has 0 spiro atoms. The lowest BCUT2D eigenvalue weighted by molar-refractivity contribution is -0.141. The lowest BCUT2D eigenvalue weighted by Crippen LogP contribution is -2.50. The van der Waals surface area contributed by atoms with Crippen LogP contribution in [0.4, 0.5) is 0 Å². The number of carbonyl (C=O) groups excluding carboxylic acids is 2. The van der Waals surface area contributed by atoms with E-state index in [1.807, 2.05) is 29.2 Å². The highest BCUT2D eigenvalue weighted by molar-refractivity contribution is 5.84. The van der Waals surface area contributed by atoms with Crippen LogP contribution in [0.15, 0.2) is 24.3 Å². The van der Waals surface area contributed by atoms with Crippen LogP contribution < -0.4 is 10.1 Å². The summed E-state index contributed by atoms with van der Waals surface area (Å²) in [6, 6.07) is 8.23. The molecule has 1 aliphatic heterocycles. The number of para-hydroxylation sites is 1. The van der Waals surface area contributed by atoms with Crippen LogP contribution >= 0.6 is 0 Å². The molecule has 0 aromatic heterocycles. The number of nitrogens with zero attached hydrogens (tertiary/aromatic N) is 1. The van der Waals surface area contributed by atoms with E-state index in [-0.39, 0.29) is 17.7 Å². The topological polar surface area (TPSA) is 58.6 Å². The Morgan fingerprint density at radius 1 is 1.15 bits per heavy atom. The number of nitrogens with one attached hydrogen (secondary N) is 1. The van der Waals surface area contributed by atoms with Gasteiger partial charge >= 0.3 is 0 Å². The van der Waals surface area contributed by atoms with Gasteiger partial charge in [-0.15, -0.1) is 0 Å². The molecule has 2 fully saturated rings. The predicted octanol–water partition coefficient (Wildman–Crippen LogP) is 3.32. The van der Waals surface area contributed by atoms with Crippen molar-refractivity contribution in [3.05, 3.63) is 29.8 Å². The average Bonchev–Trinajstić information content (AvgIpc) is 2.98. The van der Waals surface area contributed by atoms with Crippen LogP contribution in [0, 0.1) is 5.92 Å². The predicted molar refractivity (Wildman–Crippen MR) is 106 cm³/mol. The number of amides is 2. The van der Waals surface area contributed by atoms with E-state index in [0.29, 0.717) is 32.0 Å². The zero-order valence-corrected chi connectivity index (χ0v) is 16.4. The molecular weight excluding hydrogens is 340 g/mol. The van der Waals surface area contributed by atoms with Gasteiger partial charge in [0.25, 0.3) is 0 Å². The minimum Gasteiger partial charge on any atom is -0.496 e. The van der Waals surface area contributed by atoms with Gasteiger partial charge in [0, 0.05) is 25.6 Å². The van der Waals surface area contributed by atoms with Gasteiger partial charge in [0.1, 0.15) is 5.75 Å². The van der Waals surface area contributed by atoms with Crippen molar-refractivity contribution in [3.63, 3.8) is 0 Å². The molecule has 1 heterocycles. The molecule has 1 aromatic rings. The fraction of sp³-hybridized carbons (Fsp3) is 0.636. The summed E-state index contributed by atoms with van der Waals surface area (Å²) in [5, 5.41) is 3.07. The minimum atomic E-state index is -0.0800. The Bertz CT molecular complexity index is 638. The Labute approximate surface area is 162 Å². The van der Waals surface area contributed by atoms with Crippen molar-refractivity contribution in [1.82, 2.24) is 10.2 Å². The van der Waals surface area contributed by atoms with Crippen molar-refractivity contribution in [2.75, 3.05) is 20.2 Å². The molecule has 2 aliphatic rings. The first kappa shape index (κ1) is 19.7. The number of benzene rings is 1. The van der Waals surface area contributed by atoms with E-state index < -0.39 is 0 Å². The SMILES string of the molecule is COc1ccccc1CCNC(=O)[C@H]1CCC(=O)N(C2CCCCCC2)C1. The molecule has 1 atom stereocenters. The van der Waals surface area contributed by atoms with Gasteiger partial charge in [-0.25, -0.2) is 0 Å². The largest absolute Gasteiger partial charge is 0.496 e. The molecule has 0 unspecified atom stereocenters. The summed E-state index contributed by atoms with van der Waals surface area (Å²) >= 11 is 0. The van der Waals surface area contributed by atoms with Gasteiger partial charge < -0.3 is 15.0 Å². The highest BCUT2D eigenvalue weighted by atomic mass is 16.5. The zero-order valence-electron chi connectivity index (χ0n) is 16.4. The van der Waals surface area contributed by atoms with Crippen LogP contribution in [0.2, 0.25) is 0 Å².